The third kappa shape index (κ3) is 5.08. The molecule has 148 valence electrons. The van der Waals surface area contributed by atoms with Crippen LogP contribution in [0.3, 0.4) is 0 Å². The molecule has 0 aliphatic heterocycles. The van der Waals surface area contributed by atoms with Gasteiger partial charge in [-0.25, -0.2) is 9.79 Å². The Bertz CT molecular complexity index is 1070. The van der Waals surface area contributed by atoms with Gasteiger partial charge >= 0.3 is 6.09 Å². The molecule has 2 aromatic carbocycles. The second-order valence-corrected chi connectivity index (χ2v) is 6.58. The number of hydrogen-bond acceptors (Lipinski definition) is 8. The predicted molar refractivity (Wildman–Crippen MR) is 112 cm³/mol. The van der Waals surface area contributed by atoms with Gasteiger partial charge in [0.2, 0.25) is 11.7 Å². The van der Waals surface area contributed by atoms with Gasteiger partial charge in [-0.05, 0) is 42.7 Å². The Kier molecular flexibility index (Phi) is 6.40. The fourth-order valence-electron chi connectivity index (χ4n) is 2.44. The van der Waals surface area contributed by atoms with Gasteiger partial charge in [-0.15, -0.1) is 11.8 Å². The number of carbonyl (C=O) groups is 1. The van der Waals surface area contributed by atoms with E-state index in [1.54, 1.807) is 49.6 Å². The van der Waals surface area contributed by atoms with Gasteiger partial charge in [0.25, 0.3) is 0 Å². The molecule has 0 aliphatic rings. The van der Waals surface area contributed by atoms with Crippen molar-refractivity contribution < 1.29 is 19.2 Å². The molecule has 1 heterocycles. The van der Waals surface area contributed by atoms with Gasteiger partial charge in [0.15, 0.2) is 0 Å². The van der Waals surface area contributed by atoms with Gasteiger partial charge in [0.05, 0.1) is 12.8 Å². The number of ether oxygens (including phenoxy) is 1. The number of carbonyl (C=O) groups excluding carboxylic acids is 1. The van der Waals surface area contributed by atoms with E-state index >= 15 is 0 Å². The SMILES string of the molecule is COC(=O)/N=C(SC)/C(=N\c1ccc(-c2noc(C)n2)cc1)c1cccc(O)c1. The Morgan fingerprint density at radius 3 is 2.55 bits per heavy atom. The lowest BCUT2D eigenvalue weighted by Gasteiger charge is -2.09. The first kappa shape index (κ1) is 20.3. The summed E-state index contributed by atoms with van der Waals surface area (Å²) in [5.74, 6) is 1.05. The van der Waals surface area contributed by atoms with Crippen LogP contribution in [0.2, 0.25) is 0 Å². The third-order valence-electron chi connectivity index (χ3n) is 3.78. The number of hydrogen-bond donors (Lipinski definition) is 1. The van der Waals surface area contributed by atoms with Crippen LogP contribution in [-0.4, -0.2) is 45.5 Å². The lowest BCUT2D eigenvalue weighted by atomic mass is 10.1. The van der Waals surface area contributed by atoms with E-state index < -0.39 is 6.09 Å². The number of phenols is 1. The molecule has 3 aromatic rings. The van der Waals surface area contributed by atoms with E-state index in [4.69, 9.17) is 4.52 Å². The monoisotopic (exact) mass is 410 g/mol. The van der Waals surface area contributed by atoms with Crippen LogP contribution >= 0.6 is 11.8 Å². The molecule has 29 heavy (non-hydrogen) atoms. The van der Waals surface area contributed by atoms with Crippen molar-refractivity contribution in [2.24, 2.45) is 9.98 Å². The van der Waals surface area contributed by atoms with Crippen LogP contribution in [0.15, 0.2) is 63.0 Å². The minimum absolute atomic E-state index is 0.0801. The molecule has 0 saturated heterocycles. The van der Waals surface area contributed by atoms with Crippen molar-refractivity contribution in [3.8, 4) is 17.1 Å². The molecule has 0 spiro atoms. The lowest BCUT2D eigenvalue weighted by Crippen LogP contribution is -2.14. The van der Waals surface area contributed by atoms with Crippen LogP contribution in [-0.2, 0) is 4.74 Å². The lowest BCUT2D eigenvalue weighted by molar-refractivity contribution is 0.183. The maximum Gasteiger partial charge on any atom is 0.434 e. The highest BCUT2D eigenvalue weighted by molar-refractivity contribution is 8.15. The number of benzene rings is 2. The first-order valence-electron chi connectivity index (χ1n) is 8.50. The smallest absolute Gasteiger partial charge is 0.434 e. The molecule has 1 aromatic heterocycles. The zero-order chi connectivity index (χ0) is 20.8. The average molecular weight is 410 g/mol. The highest BCUT2D eigenvalue weighted by Crippen LogP contribution is 2.23. The number of aromatic nitrogens is 2. The standard InChI is InChI=1S/C20H18N4O4S/c1-12-21-18(24-28-12)13-7-9-15(10-8-13)22-17(14-5-4-6-16(25)11-14)19(29-3)23-20(26)27-2/h4-11,25H,1-3H3/b22-17-,23-19-. The number of amides is 1. The molecule has 0 bridgehead atoms. The van der Waals surface area contributed by atoms with E-state index in [0.29, 0.717) is 33.7 Å². The number of aliphatic imine (C=N–C) groups is 2. The first-order chi connectivity index (χ1) is 14.0. The second-order valence-electron chi connectivity index (χ2n) is 5.79. The summed E-state index contributed by atoms with van der Waals surface area (Å²) in [7, 11) is 1.26. The molecule has 1 N–H and O–H groups in total. The summed E-state index contributed by atoms with van der Waals surface area (Å²) in [4.78, 5) is 24.5. The molecule has 0 unspecified atom stereocenters. The quantitative estimate of drug-likeness (QED) is 0.501. The van der Waals surface area contributed by atoms with Crippen LogP contribution < -0.4 is 0 Å². The molecule has 0 fully saturated rings. The Morgan fingerprint density at radius 1 is 1.21 bits per heavy atom. The second kappa shape index (κ2) is 9.16. The highest BCUT2D eigenvalue weighted by atomic mass is 32.2. The summed E-state index contributed by atoms with van der Waals surface area (Å²) in [6, 6.07) is 13.8. The molecule has 8 nitrogen and oxygen atoms in total. The number of aryl methyl sites for hydroxylation is 1. The molecule has 1 amide bonds. The minimum Gasteiger partial charge on any atom is -0.508 e. The summed E-state index contributed by atoms with van der Waals surface area (Å²) >= 11 is 1.25. The molecule has 9 heteroatoms. The van der Waals surface area contributed by atoms with Crippen LogP contribution in [0, 0.1) is 6.92 Å². The Hall–Kier alpha value is -3.46. The molecule has 3 rings (SSSR count). The van der Waals surface area contributed by atoms with Crippen molar-refractivity contribution in [1.82, 2.24) is 10.1 Å². The van der Waals surface area contributed by atoms with Gasteiger partial charge in [-0.3, -0.25) is 0 Å². The Morgan fingerprint density at radius 2 is 1.97 bits per heavy atom. The Labute approximate surface area is 171 Å². The summed E-state index contributed by atoms with van der Waals surface area (Å²) in [5, 5.41) is 14.1. The summed E-state index contributed by atoms with van der Waals surface area (Å²) in [5.41, 5.74) is 2.45. The van der Waals surface area contributed by atoms with Crippen LogP contribution in [0.4, 0.5) is 10.5 Å². The van der Waals surface area contributed by atoms with Crippen molar-refractivity contribution in [3.05, 3.63) is 60.0 Å². The number of phenolic OH excluding ortho intramolecular Hbond substituents is 1. The molecular formula is C20H18N4O4S. The van der Waals surface area contributed by atoms with Gasteiger partial charge in [0.1, 0.15) is 16.5 Å². The van der Waals surface area contributed by atoms with E-state index in [1.807, 2.05) is 12.1 Å². The predicted octanol–water partition coefficient (Wildman–Crippen LogP) is 4.40. The largest absolute Gasteiger partial charge is 0.508 e. The number of nitrogens with zero attached hydrogens (tertiary/aromatic N) is 4. The fraction of sp³-hybridized carbons (Fsp3) is 0.150. The topological polar surface area (TPSA) is 110 Å². The summed E-state index contributed by atoms with van der Waals surface area (Å²) < 4.78 is 9.64. The number of thioether (sulfide) groups is 1. The van der Waals surface area contributed by atoms with Crippen molar-refractivity contribution >= 4 is 34.3 Å². The number of aromatic hydroxyl groups is 1. The molecule has 0 radical (unpaired) electrons. The number of methoxy groups -OCH3 is 1. The van der Waals surface area contributed by atoms with Crippen LogP contribution in [0.25, 0.3) is 11.4 Å². The highest BCUT2D eigenvalue weighted by Gasteiger charge is 2.15. The Balaban J connectivity index is 2.04. The van der Waals surface area contributed by atoms with Crippen molar-refractivity contribution in [2.45, 2.75) is 6.92 Å². The molecule has 0 aliphatic carbocycles. The van der Waals surface area contributed by atoms with E-state index in [-0.39, 0.29) is 5.75 Å². The number of rotatable bonds is 4. The van der Waals surface area contributed by atoms with Crippen molar-refractivity contribution in [3.63, 3.8) is 0 Å². The third-order valence-corrected chi connectivity index (χ3v) is 4.45. The zero-order valence-corrected chi connectivity index (χ0v) is 16.8. The molecule has 0 saturated carbocycles. The maximum atomic E-state index is 11.7. The minimum atomic E-state index is -0.731. The summed E-state index contributed by atoms with van der Waals surface area (Å²) in [6.07, 6.45) is 1.05. The van der Waals surface area contributed by atoms with Gasteiger partial charge < -0.3 is 14.4 Å². The fourth-order valence-corrected chi connectivity index (χ4v) is 2.97. The van der Waals surface area contributed by atoms with Gasteiger partial charge in [-0.2, -0.15) is 9.98 Å². The molecular weight excluding hydrogens is 392 g/mol. The molecule has 0 atom stereocenters. The first-order valence-corrected chi connectivity index (χ1v) is 9.72. The van der Waals surface area contributed by atoms with E-state index in [9.17, 15) is 9.90 Å². The van der Waals surface area contributed by atoms with Gasteiger partial charge in [-0.1, -0.05) is 17.3 Å². The average Bonchev–Trinajstić information content (AvgIpc) is 3.17. The van der Waals surface area contributed by atoms with Crippen LogP contribution in [0.5, 0.6) is 5.75 Å². The van der Waals surface area contributed by atoms with E-state index in [0.717, 1.165) is 5.56 Å². The van der Waals surface area contributed by atoms with E-state index in [1.165, 1.54) is 18.9 Å². The zero-order valence-electron chi connectivity index (χ0n) is 16.0. The maximum absolute atomic E-state index is 11.7. The van der Waals surface area contributed by atoms with E-state index in [2.05, 4.69) is 24.9 Å². The summed E-state index contributed by atoms with van der Waals surface area (Å²) in [6.45, 7) is 1.72. The van der Waals surface area contributed by atoms with Gasteiger partial charge in [0, 0.05) is 18.1 Å². The van der Waals surface area contributed by atoms with Crippen LogP contribution in [0.1, 0.15) is 11.5 Å². The van der Waals surface area contributed by atoms with Crippen molar-refractivity contribution in [2.75, 3.05) is 13.4 Å². The normalized spacial score (nSPS) is 12.1. The van der Waals surface area contributed by atoms with Crippen molar-refractivity contribution in [1.29, 1.82) is 0 Å².